The number of anilines is 1. The minimum Gasteiger partial charge on any atom is -0.385 e. The van der Waals surface area contributed by atoms with Gasteiger partial charge in [-0.3, -0.25) is 4.79 Å². The van der Waals surface area contributed by atoms with Crippen LogP contribution in [0.25, 0.3) is 0 Å². The molecule has 118 valence electrons. The van der Waals surface area contributed by atoms with Crippen LogP contribution >= 0.6 is 0 Å². The van der Waals surface area contributed by atoms with Gasteiger partial charge in [0, 0.05) is 17.7 Å². The average molecular weight is 291 g/mol. The predicted molar refractivity (Wildman–Crippen MR) is 88.6 cm³/mol. The summed E-state index contributed by atoms with van der Waals surface area (Å²) in [5.74, 6) is 0.222. The number of hydrogen-bond donors (Lipinski definition) is 2. The Morgan fingerprint density at radius 3 is 2.52 bits per heavy atom. The molecule has 0 spiro atoms. The van der Waals surface area contributed by atoms with Crippen LogP contribution in [0, 0.1) is 0 Å². The smallest absolute Gasteiger partial charge is 0.151 e. The Morgan fingerprint density at radius 1 is 1.19 bits per heavy atom. The fraction of sp³-hybridized carbons (Fsp3) is 0.611. The number of carbonyl (C=O) groups is 1. The number of rotatable bonds is 10. The van der Waals surface area contributed by atoms with E-state index in [1.807, 2.05) is 31.2 Å². The van der Waals surface area contributed by atoms with Crippen LogP contribution in [0.2, 0.25) is 0 Å². The molecule has 0 fully saturated rings. The van der Waals surface area contributed by atoms with Crippen LogP contribution in [0.1, 0.15) is 64.9 Å². The monoisotopic (exact) mass is 291 g/mol. The molecule has 1 rings (SSSR count). The van der Waals surface area contributed by atoms with E-state index >= 15 is 0 Å². The van der Waals surface area contributed by atoms with Crippen molar-refractivity contribution >= 4 is 11.5 Å². The number of Topliss-reactive ketones (excluding diaryl/α,β-unsaturated/α-hetero) is 1. The van der Waals surface area contributed by atoms with Crippen LogP contribution in [0.5, 0.6) is 0 Å². The van der Waals surface area contributed by atoms with Gasteiger partial charge in [0.25, 0.3) is 0 Å². The highest BCUT2D eigenvalue weighted by Gasteiger charge is 2.25. The van der Waals surface area contributed by atoms with Gasteiger partial charge in [0.15, 0.2) is 5.78 Å². The van der Waals surface area contributed by atoms with Gasteiger partial charge in [0.1, 0.15) is 0 Å². The number of carbonyl (C=O) groups excluding carboxylic acids is 1. The normalized spacial score (nSPS) is 13.7. The maximum absolute atomic E-state index is 11.8. The van der Waals surface area contributed by atoms with Crippen LogP contribution < -0.4 is 5.32 Å². The fourth-order valence-corrected chi connectivity index (χ4v) is 2.42. The number of nitrogens with one attached hydrogen (secondary N) is 1. The van der Waals surface area contributed by atoms with Crippen molar-refractivity contribution in [3.8, 4) is 0 Å². The molecule has 2 N–H and O–H groups in total. The number of para-hydroxylation sites is 1. The lowest BCUT2D eigenvalue weighted by Gasteiger charge is -2.26. The highest BCUT2D eigenvalue weighted by molar-refractivity contribution is 5.83. The molecule has 0 radical (unpaired) electrons. The van der Waals surface area contributed by atoms with Crippen molar-refractivity contribution in [1.82, 2.24) is 0 Å². The third-order valence-electron chi connectivity index (χ3n) is 3.81. The van der Waals surface area contributed by atoms with E-state index in [0.717, 1.165) is 43.4 Å². The molecule has 1 aromatic carbocycles. The van der Waals surface area contributed by atoms with Gasteiger partial charge in [0.05, 0.1) is 12.1 Å². The Bertz CT molecular complexity index is 441. The highest BCUT2D eigenvalue weighted by Crippen LogP contribution is 2.32. The molecule has 0 aromatic heterocycles. The minimum atomic E-state index is -0.855. The Hall–Kier alpha value is -1.35. The first-order valence-corrected chi connectivity index (χ1v) is 8.08. The zero-order valence-electron chi connectivity index (χ0n) is 13.6. The molecule has 0 aliphatic heterocycles. The van der Waals surface area contributed by atoms with E-state index in [2.05, 4.69) is 19.2 Å². The van der Waals surface area contributed by atoms with Crippen molar-refractivity contribution in [2.75, 3.05) is 11.9 Å². The largest absolute Gasteiger partial charge is 0.385 e. The first-order valence-electron chi connectivity index (χ1n) is 8.08. The van der Waals surface area contributed by atoms with Gasteiger partial charge in [0.2, 0.25) is 0 Å². The number of ketones is 1. The molecule has 0 bridgehead atoms. The molecule has 1 atom stereocenters. The number of benzene rings is 1. The third-order valence-corrected chi connectivity index (χ3v) is 3.81. The van der Waals surface area contributed by atoms with E-state index in [1.54, 1.807) is 0 Å². The quantitative estimate of drug-likeness (QED) is 0.677. The molecule has 0 saturated carbocycles. The van der Waals surface area contributed by atoms with E-state index in [-0.39, 0.29) is 5.78 Å². The second-order valence-electron chi connectivity index (χ2n) is 5.92. The summed E-state index contributed by atoms with van der Waals surface area (Å²) in [6.45, 7) is 6.39. The van der Waals surface area contributed by atoms with Crippen molar-refractivity contribution in [1.29, 1.82) is 0 Å². The van der Waals surface area contributed by atoms with Crippen molar-refractivity contribution in [3.63, 3.8) is 0 Å². The zero-order chi connectivity index (χ0) is 15.7. The second-order valence-corrected chi connectivity index (χ2v) is 5.92. The van der Waals surface area contributed by atoms with E-state index in [1.165, 1.54) is 0 Å². The Labute approximate surface area is 128 Å². The van der Waals surface area contributed by atoms with Gasteiger partial charge in [-0.15, -0.1) is 0 Å². The standard InChI is InChI=1S/C18H29NO2/c1-4-6-10-15(20)14-19-17-12-9-8-11-16(17)18(3,21)13-7-5-2/h8-9,11-12,19,21H,4-7,10,13-14H2,1-3H3. The molecule has 1 aromatic rings. The number of hydrogen-bond acceptors (Lipinski definition) is 3. The van der Waals surface area contributed by atoms with Gasteiger partial charge < -0.3 is 10.4 Å². The Morgan fingerprint density at radius 2 is 1.86 bits per heavy atom. The predicted octanol–water partition coefficient (Wildman–Crippen LogP) is 4.26. The van der Waals surface area contributed by atoms with E-state index in [0.29, 0.717) is 13.0 Å². The number of aliphatic hydroxyl groups is 1. The number of unbranched alkanes of at least 4 members (excludes halogenated alkanes) is 2. The topological polar surface area (TPSA) is 49.3 Å². The summed E-state index contributed by atoms with van der Waals surface area (Å²) in [6, 6.07) is 7.73. The molecule has 3 heteroatoms. The van der Waals surface area contributed by atoms with Crippen molar-refractivity contribution < 1.29 is 9.90 Å². The van der Waals surface area contributed by atoms with E-state index < -0.39 is 5.60 Å². The highest BCUT2D eigenvalue weighted by atomic mass is 16.3. The van der Waals surface area contributed by atoms with Crippen molar-refractivity contribution in [2.24, 2.45) is 0 Å². The molecular formula is C18H29NO2. The lowest BCUT2D eigenvalue weighted by atomic mass is 9.89. The van der Waals surface area contributed by atoms with Crippen molar-refractivity contribution in [2.45, 2.75) is 64.9 Å². The van der Waals surface area contributed by atoms with E-state index in [9.17, 15) is 9.90 Å². The van der Waals surface area contributed by atoms with Gasteiger partial charge in [-0.25, -0.2) is 0 Å². The molecule has 3 nitrogen and oxygen atoms in total. The van der Waals surface area contributed by atoms with Crippen molar-refractivity contribution in [3.05, 3.63) is 29.8 Å². The Kier molecular flexibility index (Phi) is 7.44. The molecule has 0 heterocycles. The fourth-order valence-electron chi connectivity index (χ4n) is 2.42. The van der Waals surface area contributed by atoms with Gasteiger partial charge in [-0.2, -0.15) is 0 Å². The molecule has 0 amide bonds. The molecule has 21 heavy (non-hydrogen) atoms. The third kappa shape index (κ3) is 5.88. The second kappa shape index (κ2) is 8.83. The summed E-state index contributed by atoms with van der Waals surface area (Å²) in [5.41, 5.74) is 0.886. The SMILES string of the molecule is CCCCC(=O)CNc1ccccc1C(C)(O)CCCC. The molecule has 0 aliphatic carbocycles. The first-order chi connectivity index (χ1) is 10.0. The molecule has 0 aliphatic rings. The van der Waals surface area contributed by atoms with Crippen LogP contribution in [-0.2, 0) is 10.4 Å². The average Bonchev–Trinajstić information content (AvgIpc) is 2.49. The van der Waals surface area contributed by atoms with Crippen LogP contribution in [0.3, 0.4) is 0 Å². The molecular weight excluding hydrogens is 262 g/mol. The van der Waals surface area contributed by atoms with Crippen LogP contribution in [-0.4, -0.2) is 17.4 Å². The van der Waals surface area contributed by atoms with Crippen LogP contribution in [0.4, 0.5) is 5.69 Å². The Balaban J connectivity index is 2.73. The first kappa shape index (κ1) is 17.7. The summed E-state index contributed by atoms with van der Waals surface area (Å²) < 4.78 is 0. The summed E-state index contributed by atoms with van der Waals surface area (Å²) in [4.78, 5) is 11.8. The molecule has 0 saturated heterocycles. The summed E-state index contributed by atoms with van der Waals surface area (Å²) in [5, 5.41) is 13.9. The lowest BCUT2D eigenvalue weighted by Crippen LogP contribution is -2.24. The maximum Gasteiger partial charge on any atom is 0.151 e. The van der Waals surface area contributed by atoms with Gasteiger partial charge in [-0.1, -0.05) is 51.3 Å². The molecule has 1 unspecified atom stereocenters. The maximum atomic E-state index is 11.8. The zero-order valence-corrected chi connectivity index (χ0v) is 13.6. The summed E-state index contributed by atoms with van der Waals surface area (Å²) in [6.07, 6.45) is 5.37. The minimum absolute atomic E-state index is 0.222. The lowest BCUT2D eigenvalue weighted by molar-refractivity contribution is -0.117. The summed E-state index contributed by atoms with van der Waals surface area (Å²) >= 11 is 0. The van der Waals surface area contributed by atoms with Gasteiger partial charge in [-0.05, 0) is 25.8 Å². The van der Waals surface area contributed by atoms with E-state index in [4.69, 9.17) is 0 Å². The summed E-state index contributed by atoms with van der Waals surface area (Å²) in [7, 11) is 0. The van der Waals surface area contributed by atoms with Gasteiger partial charge >= 0.3 is 0 Å². The van der Waals surface area contributed by atoms with Crippen LogP contribution in [0.15, 0.2) is 24.3 Å².